The van der Waals surface area contributed by atoms with Crippen molar-refractivity contribution in [2.75, 3.05) is 25.6 Å². The van der Waals surface area contributed by atoms with Crippen molar-refractivity contribution in [3.63, 3.8) is 0 Å². The predicted molar refractivity (Wildman–Crippen MR) is 102 cm³/mol. The van der Waals surface area contributed by atoms with Gasteiger partial charge in [-0.05, 0) is 18.6 Å². The van der Waals surface area contributed by atoms with Crippen molar-refractivity contribution in [3.8, 4) is 17.0 Å². The van der Waals surface area contributed by atoms with Gasteiger partial charge in [0.15, 0.2) is 0 Å². The topological polar surface area (TPSA) is 89.4 Å². The van der Waals surface area contributed by atoms with Crippen LogP contribution in [-0.4, -0.2) is 56.9 Å². The van der Waals surface area contributed by atoms with E-state index in [1.54, 1.807) is 13.3 Å². The second-order valence-electron chi connectivity index (χ2n) is 6.72. The minimum atomic E-state index is -1.10. The number of pyridine rings is 1. The molecule has 144 valence electrons. The summed E-state index contributed by atoms with van der Waals surface area (Å²) >= 11 is 0. The zero-order valence-corrected chi connectivity index (χ0v) is 15.2. The van der Waals surface area contributed by atoms with Gasteiger partial charge in [-0.1, -0.05) is 0 Å². The van der Waals surface area contributed by atoms with Gasteiger partial charge >= 0.3 is 0 Å². The van der Waals surface area contributed by atoms with Crippen molar-refractivity contribution in [2.45, 2.75) is 18.6 Å². The number of nitrogens with one attached hydrogen (secondary N) is 2. The number of halogens is 1. The highest BCUT2D eigenvalue weighted by molar-refractivity contribution is 5.97. The summed E-state index contributed by atoms with van der Waals surface area (Å²) in [4.78, 5) is 16.4. The van der Waals surface area contributed by atoms with E-state index >= 15 is 0 Å². The number of ether oxygens (including phenoxy) is 2. The van der Waals surface area contributed by atoms with Crippen molar-refractivity contribution in [1.29, 1.82) is 0 Å². The van der Waals surface area contributed by atoms with E-state index < -0.39 is 6.17 Å². The Bertz CT molecular complexity index is 1140. The minimum Gasteiger partial charge on any atom is -0.480 e. The van der Waals surface area contributed by atoms with Crippen molar-refractivity contribution in [2.24, 2.45) is 0 Å². The van der Waals surface area contributed by atoms with Crippen LogP contribution in [0.25, 0.3) is 27.8 Å². The van der Waals surface area contributed by atoms with E-state index in [1.165, 1.54) is 0 Å². The monoisotopic (exact) mass is 382 g/mol. The largest absolute Gasteiger partial charge is 0.480 e. The fraction of sp³-hybridized carbons (Fsp3) is 0.316. The lowest BCUT2D eigenvalue weighted by atomic mass is 10.1. The number of anilines is 1. The first-order valence-corrected chi connectivity index (χ1v) is 9.07. The number of methoxy groups -OCH3 is 1. The van der Waals surface area contributed by atoms with Crippen LogP contribution < -0.4 is 10.1 Å². The molecule has 0 saturated carbocycles. The second kappa shape index (κ2) is 6.75. The molecule has 5 rings (SSSR count). The molecule has 0 spiro atoms. The summed E-state index contributed by atoms with van der Waals surface area (Å²) in [5.74, 6) is 0.759. The first kappa shape index (κ1) is 16.9. The van der Waals surface area contributed by atoms with Gasteiger partial charge in [0.1, 0.15) is 17.5 Å². The molecule has 1 saturated heterocycles. The van der Waals surface area contributed by atoms with Crippen molar-refractivity contribution in [3.05, 3.63) is 36.9 Å². The summed E-state index contributed by atoms with van der Waals surface area (Å²) in [6.45, 7) is 0.598. The van der Waals surface area contributed by atoms with Crippen LogP contribution in [0, 0.1) is 0 Å². The summed E-state index contributed by atoms with van der Waals surface area (Å²) in [7, 11) is 1.56. The molecule has 0 aromatic carbocycles. The Hall–Kier alpha value is -3.20. The number of rotatable bonds is 4. The van der Waals surface area contributed by atoms with Gasteiger partial charge in [0.05, 0.1) is 25.1 Å². The Morgan fingerprint density at radius 1 is 1.36 bits per heavy atom. The van der Waals surface area contributed by atoms with Crippen LogP contribution in [0.2, 0.25) is 0 Å². The molecule has 0 bridgehead atoms. The van der Waals surface area contributed by atoms with Crippen LogP contribution in [0.3, 0.4) is 0 Å². The third-order valence-corrected chi connectivity index (χ3v) is 4.99. The number of alkyl halides is 1. The van der Waals surface area contributed by atoms with E-state index in [0.29, 0.717) is 30.5 Å². The Balaban J connectivity index is 1.55. The van der Waals surface area contributed by atoms with Crippen molar-refractivity contribution < 1.29 is 13.9 Å². The molecule has 0 amide bonds. The molecule has 1 aliphatic heterocycles. The zero-order chi connectivity index (χ0) is 19.1. The number of fused-ring (bicyclic) bond motifs is 2. The van der Waals surface area contributed by atoms with Gasteiger partial charge in [-0.3, -0.25) is 0 Å². The van der Waals surface area contributed by atoms with E-state index in [9.17, 15) is 4.39 Å². The minimum absolute atomic E-state index is 0.0838. The molecular weight excluding hydrogens is 363 g/mol. The molecule has 0 radical (unpaired) electrons. The van der Waals surface area contributed by atoms with Gasteiger partial charge < -0.3 is 24.2 Å². The smallest absolute Gasteiger partial charge is 0.228 e. The summed E-state index contributed by atoms with van der Waals surface area (Å²) in [5, 5.41) is 3.85. The SMILES string of the molecule is COc1nc(N[C@@H]2CCOC[C@H]2F)nc2[nH]cc(-c3ccc4nccn4c3)c12. The highest BCUT2D eigenvalue weighted by atomic mass is 19.1. The molecule has 5 heterocycles. The normalized spacial score (nSPS) is 19.9. The maximum absolute atomic E-state index is 14.1. The van der Waals surface area contributed by atoms with Crippen molar-refractivity contribution >= 4 is 22.6 Å². The molecule has 1 fully saturated rings. The highest BCUT2D eigenvalue weighted by Crippen LogP contribution is 2.34. The van der Waals surface area contributed by atoms with Crippen LogP contribution in [-0.2, 0) is 4.74 Å². The van der Waals surface area contributed by atoms with Crippen LogP contribution in [0.15, 0.2) is 36.9 Å². The number of nitrogens with zero attached hydrogens (tertiary/aromatic N) is 4. The molecule has 2 N–H and O–H groups in total. The number of hydrogen-bond acceptors (Lipinski definition) is 6. The van der Waals surface area contributed by atoms with Crippen LogP contribution >= 0.6 is 0 Å². The highest BCUT2D eigenvalue weighted by Gasteiger charge is 2.26. The number of H-pyrrole nitrogens is 1. The molecule has 9 heteroatoms. The summed E-state index contributed by atoms with van der Waals surface area (Å²) in [6, 6.07) is 3.56. The maximum atomic E-state index is 14.1. The molecule has 1 aliphatic rings. The van der Waals surface area contributed by atoms with Crippen LogP contribution in [0.4, 0.5) is 10.3 Å². The van der Waals surface area contributed by atoms with E-state index in [4.69, 9.17) is 9.47 Å². The molecule has 0 aliphatic carbocycles. The number of hydrogen-bond donors (Lipinski definition) is 2. The van der Waals surface area contributed by atoms with E-state index in [1.807, 2.05) is 35.1 Å². The Morgan fingerprint density at radius 3 is 3.14 bits per heavy atom. The lowest BCUT2D eigenvalue weighted by molar-refractivity contribution is 0.0284. The van der Waals surface area contributed by atoms with E-state index in [-0.39, 0.29) is 12.6 Å². The fourth-order valence-electron chi connectivity index (χ4n) is 3.55. The molecule has 8 nitrogen and oxygen atoms in total. The third kappa shape index (κ3) is 2.84. The number of aromatic nitrogens is 5. The fourth-order valence-corrected chi connectivity index (χ4v) is 3.55. The van der Waals surface area contributed by atoms with Gasteiger partial charge in [-0.15, -0.1) is 0 Å². The first-order chi connectivity index (χ1) is 13.7. The van der Waals surface area contributed by atoms with Crippen LogP contribution in [0.5, 0.6) is 5.88 Å². The average Bonchev–Trinajstić information content (AvgIpc) is 3.35. The summed E-state index contributed by atoms with van der Waals surface area (Å²) < 4.78 is 26.7. The Labute approximate surface area is 159 Å². The lowest BCUT2D eigenvalue weighted by Gasteiger charge is -2.26. The standard InChI is InChI=1S/C19H19FN6O2/c1-27-18-16-12(11-2-3-15-21-5-6-26(15)9-11)8-22-17(16)24-19(25-18)23-14-4-7-28-10-13(14)20/h2-3,5-6,8-9,13-14H,4,7,10H2,1H3,(H2,22,23,24,25)/t13-,14-/m1/s1. The molecule has 0 unspecified atom stereocenters. The maximum Gasteiger partial charge on any atom is 0.228 e. The van der Waals surface area contributed by atoms with E-state index in [2.05, 4.69) is 25.3 Å². The third-order valence-electron chi connectivity index (χ3n) is 4.99. The summed E-state index contributed by atoms with van der Waals surface area (Å²) in [6.07, 6.45) is 6.98. The quantitative estimate of drug-likeness (QED) is 0.564. The second-order valence-corrected chi connectivity index (χ2v) is 6.72. The molecular formula is C19H19FN6O2. The zero-order valence-electron chi connectivity index (χ0n) is 15.2. The predicted octanol–water partition coefficient (Wildman–Crippen LogP) is 2.82. The van der Waals surface area contributed by atoms with Gasteiger partial charge in [-0.2, -0.15) is 9.97 Å². The number of aromatic amines is 1. The number of imidazole rings is 1. The van der Waals surface area contributed by atoms with Gasteiger partial charge in [0.25, 0.3) is 0 Å². The van der Waals surface area contributed by atoms with Crippen LogP contribution in [0.1, 0.15) is 6.42 Å². The summed E-state index contributed by atoms with van der Waals surface area (Å²) in [5.41, 5.74) is 3.39. The molecule has 2 atom stereocenters. The lowest BCUT2D eigenvalue weighted by Crippen LogP contribution is -2.39. The molecule has 4 aromatic rings. The van der Waals surface area contributed by atoms with Crippen molar-refractivity contribution in [1.82, 2.24) is 24.3 Å². The Morgan fingerprint density at radius 2 is 2.29 bits per heavy atom. The van der Waals surface area contributed by atoms with Gasteiger partial charge in [-0.25, -0.2) is 9.37 Å². The first-order valence-electron chi connectivity index (χ1n) is 9.07. The van der Waals surface area contributed by atoms with Gasteiger partial charge in [0.2, 0.25) is 11.8 Å². The average molecular weight is 382 g/mol. The molecule has 28 heavy (non-hydrogen) atoms. The Kier molecular flexibility index (Phi) is 4.09. The molecule has 4 aromatic heterocycles. The van der Waals surface area contributed by atoms with E-state index in [0.717, 1.165) is 22.2 Å². The van der Waals surface area contributed by atoms with Gasteiger partial charge in [0, 0.05) is 42.5 Å².